The molecule has 0 saturated heterocycles. The molecule has 0 aliphatic heterocycles. The van der Waals surface area contributed by atoms with E-state index in [0.717, 1.165) is 22.5 Å². The minimum absolute atomic E-state index is 0.00872. The molecule has 3 rings (SSSR count). The molecule has 0 bridgehead atoms. The summed E-state index contributed by atoms with van der Waals surface area (Å²) in [5, 5.41) is 1.02. The zero-order valence-electron chi connectivity index (χ0n) is 12.1. The van der Waals surface area contributed by atoms with Gasteiger partial charge in [-0.15, -0.1) is 0 Å². The second-order valence-electron chi connectivity index (χ2n) is 5.08. The number of fused-ring (bicyclic) bond motifs is 1. The van der Waals surface area contributed by atoms with Gasteiger partial charge in [-0.2, -0.15) is 0 Å². The van der Waals surface area contributed by atoms with E-state index in [4.69, 9.17) is 10.5 Å². The van der Waals surface area contributed by atoms with Crippen molar-refractivity contribution in [3.8, 4) is 11.6 Å². The number of ether oxygens (including phenoxy) is 1. The monoisotopic (exact) mass is 302 g/mol. The second-order valence-corrected chi connectivity index (χ2v) is 5.08. The van der Waals surface area contributed by atoms with Crippen molar-refractivity contribution in [2.45, 2.75) is 6.42 Å². The van der Waals surface area contributed by atoms with Crippen LogP contribution in [0.1, 0.15) is 5.56 Å². The van der Waals surface area contributed by atoms with Crippen LogP contribution in [0, 0.1) is 11.6 Å². The molecule has 0 saturated carbocycles. The highest BCUT2D eigenvalue weighted by atomic mass is 19.1. The molecule has 114 valence electrons. The first kappa shape index (κ1) is 14.5. The molecular weight excluding hydrogens is 286 g/mol. The summed E-state index contributed by atoms with van der Waals surface area (Å²) < 4.78 is 34.4. The van der Waals surface area contributed by atoms with Gasteiger partial charge >= 0.3 is 0 Å². The van der Waals surface area contributed by atoms with Gasteiger partial charge in [0.15, 0.2) is 11.6 Å². The highest BCUT2D eigenvalue weighted by Gasteiger charge is 2.17. The van der Waals surface area contributed by atoms with Crippen LogP contribution < -0.4 is 10.5 Å². The standard InChI is InChI=1S/C17H16F2N2O/c1-21-15-5-3-2-4-12(15)13(8-9-20)17(21)22-16-7-6-11(18)10-14(16)19/h2-7,10H,8-9,20H2,1H3. The number of nitrogens with zero attached hydrogens (tertiary/aromatic N) is 1. The summed E-state index contributed by atoms with van der Waals surface area (Å²) in [6.07, 6.45) is 0.611. The summed E-state index contributed by atoms with van der Waals surface area (Å²) in [7, 11) is 1.85. The van der Waals surface area contributed by atoms with Crippen LogP contribution in [0.25, 0.3) is 10.9 Å². The van der Waals surface area contributed by atoms with Gasteiger partial charge < -0.3 is 15.0 Å². The molecule has 3 nitrogen and oxygen atoms in total. The molecule has 1 heterocycles. The van der Waals surface area contributed by atoms with E-state index in [1.165, 1.54) is 12.1 Å². The van der Waals surface area contributed by atoms with Gasteiger partial charge in [-0.1, -0.05) is 18.2 Å². The lowest BCUT2D eigenvalue weighted by Gasteiger charge is -2.10. The zero-order chi connectivity index (χ0) is 15.7. The molecular formula is C17H16F2N2O. The number of hydrogen-bond acceptors (Lipinski definition) is 2. The molecule has 2 aromatic carbocycles. The van der Waals surface area contributed by atoms with Crippen molar-refractivity contribution in [1.29, 1.82) is 0 Å². The predicted molar refractivity (Wildman–Crippen MR) is 82.1 cm³/mol. The number of benzene rings is 2. The molecule has 0 fully saturated rings. The van der Waals surface area contributed by atoms with Crippen LogP contribution in [0.3, 0.4) is 0 Å². The number of aromatic nitrogens is 1. The molecule has 22 heavy (non-hydrogen) atoms. The summed E-state index contributed by atoms with van der Waals surface area (Å²) in [5.74, 6) is -0.851. The fourth-order valence-electron chi connectivity index (χ4n) is 2.63. The Morgan fingerprint density at radius 2 is 1.91 bits per heavy atom. The lowest BCUT2D eigenvalue weighted by molar-refractivity contribution is 0.407. The van der Waals surface area contributed by atoms with Gasteiger partial charge in [-0.25, -0.2) is 8.78 Å². The number of para-hydroxylation sites is 1. The van der Waals surface area contributed by atoms with Gasteiger partial charge in [0.05, 0.1) is 5.52 Å². The number of rotatable bonds is 4. The van der Waals surface area contributed by atoms with Crippen LogP contribution in [0.2, 0.25) is 0 Å². The van der Waals surface area contributed by atoms with Crippen LogP contribution in [-0.2, 0) is 13.5 Å². The number of hydrogen-bond donors (Lipinski definition) is 1. The molecule has 0 aliphatic rings. The molecule has 5 heteroatoms. The van der Waals surface area contributed by atoms with Crippen molar-refractivity contribution >= 4 is 10.9 Å². The van der Waals surface area contributed by atoms with Crippen molar-refractivity contribution in [2.24, 2.45) is 12.8 Å². The van der Waals surface area contributed by atoms with E-state index < -0.39 is 11.6 Å². The molecule has 0 aliphatic carbocycles. The summed E-state index contributed by atoms with van der Waals surface area (Å²) in [6, 6.07) is 11.1. The Morgan fingerprint density at radius 1 is 1.14 bits per heavy atom. The summed E-state index contributed by atoms with van der Waals surface area (Å²) >= 11 is 0. The van der Waals surface area contributed by atoms with E-state index >= 15 is 0 Å². The molecule has 1 aromatic heterocycles. The van der Waals surface area contributed by atoms with E-state index in [2.05, 4.69) is 0 Å². The maximum Gasteiger partial charge on any atom is 0.204 e. The van der Waals surface area contributed by atoms with Crippen molar-refractivity contribution in [3.63, 3.8) is 0 Å². The fraction of sp³-hybridized carbons (Fsp3) is 0.176. The van der Waals surface area contributed by atoms with Crippen molar-refractivity contribution in [1.82, 2.24) is 4.57 Å². The van der Waals surface area contributed by atoms with E-state index in [1.807, 2.05) is 35.9 Å². The number of halogens is 2. The summed E-state index contributed by atoms with van der Waals surface area (Å²) in [4.78, 5) is 0. The Bertz CT molecular complexity index is 827. The van der Waals surface area contributed by atoms with Gasteiger partial charge in [0.1, 0.15) is 5.82 Å². The SMILES string of the molecule is Cn1c(Oc2ccc(F)cc2F)c(CCN)c2ccccc21. The highest BCUT2D eigenvalue weighted by Crippen LogP contribution is 2.35. The van der Waals surface area contributed by atoms with Gasteiger partial charge in [0.2, 0.25) is 5.88 Å². The average Bonchev–Trinajstić information content (AvgIpc) is 2.76. The van der Waals surface area contributed by atoms with Gasteiger partial charge in [-0.05, 0) is 31.2 Å². The first-order valence-corrected chi connectivity index (χ1v) is 7.01. The largest absolute Gasteiger partial charge is 0.437 e. The molecule has 2 N–H and O–H groups in total. The van der Waals surface area contributed by atoms with E-state index in [9.17, 15) is 8.78 Å². The van der Waals surface area contributed by atoms with Gasteiger partial charge in [0.25, 0.3) is 0 Å². The maximum atomic E-state index is 13.8. The molecule has 3 aromatic rings. The average molecular weight is 302 g/mol. The van der Waals surface area contributed by atoms with Crippen molar-refractivity contribution in [3.05, 3.63) is 59.7 Å². The normalized spacial score (nSPS) is 11.1. The Kier molecular flexibility index (Phi) is 3.81. The summed E-state index contributed by atoms with van der Waals surface area (Å²) in [5.41, 5.74) is 7.58. The molecule has 0 atom stereocenters. The lowest BCUT2D eigenvalue weighted by Crippen LogP contribution is -2.04. The van der Waals surface area contributed by atoms with E-state index in [-0.39, 0.29) is 5.75 Å². The highest BCUT2D eigenvalue weighted by molar-refractivity contribution is 5.87. The first-order valence-electron chi connectivity index (χ1n) is 7.01. The van der Waals surface area contributed by atoms with Crippen LogP contribution in [0.4, 0.5) is 8.78 Å². The Balaban J connectivity index is 2.13. The maximum absolute atomic E-state index is 13.8. The Morgan fingerprint density at radius 3 is 2.64 bits per heavy atom. The smallest absolute Gasteiger partial charge is 0.204 e. The van der Waals surface area contributed by atoms with Crippen molar-refractivity contribution in [2.75, 3.05) is 6.54 Å². The lowest BCUT2D eigenvalue weighted by atomic mass is 10.1. The van der Waals surface area contributed by atoms with E-state index in [1.54, 1.807) is 0 Å². The van der Waals surface area contributed by atoms with Gasteiger partial charge in [0, 0.05) is 24.1 Å². The minimum atomic E-state index is -0.732. The summed E-state index contributed by atoms with van der Waals surface area (Å²) in [6.45, 7) is 0.455. The Hall–Kier alpha value is -2.40. The first-order chi connectivity index (χ1) is 10.6. The Labute approximate surface area is 126 Å². The zero-order valence-corrected chi connectivity index (χ0v) is 12.1. The van der Waals surface area contributed by atoms with Crippen LogP contribution in [0.5, 0.6) is 11.6 Å². The second kappa shape index (κ2) is 5.77. The predicted octanol–water partition coefficient (Wildman–Crippen LogP) is 3.75. The van der Waals surface area contributed by atoms with Crippen LogP contribution >= 0.6 is 0 Å². The number of aryl methyl sites for hydroxylation is 1. The third-order valence-corrected chi connectivity index (χ3v) is 3.65. The van der Waals surface area contributed by atoms with Gasteiger partial charge in [-0.3, -0.25) is 0 Å². The van der Waals surface area contributed by atoms with Crippen molar-refractivity contribution < 1.29 is 13.5 Å². The van der Waals surface area contributed by atoms with Crippen LogP contribution in [0.15, 0.2) is 42.5 Å². The molecule has 0 radical (unpaired) electrons. The van der Waals surface area contributed by atoms with E-state index in [0.29, 0.717) is 18.8 Å². The third kappa shape index (κ3) is 2.44. The minimum Gasteiger partial charge on any atom is -0.437 e. The molecule has 0 unspecified atom stereocenters. The molecule has 0 amide bonds. The molecule has 0 spiro atoms. The number of nitrogens with two attached hydrogens (primary N) is 1. The fourth-order valence-corrected chi connectivity index (χ4v) is 2.63. The third-order valence-electron chi connectivity index (χ3n) is 3.65. The topological polar surface area (TPSA) is 40.2 Å². The quantitative estimate of drug-likeness (QED) is 0.797. The van der Waals surface area contributed by atoms with Crippen LogP contribution in [-0.4, -0.2) is 11.1 Å².